The van der Waals surface area contributed by atoms with E-state index in [2.05, 4.69) is 516 Å². The smallest absolute Gasteiger partial charge is 0.0159 e. The van der Waals surface area contributed by atoms with Gasteiger partial charge in [0.2, 0.25) is 0 Å². The molecule has 0 fully saturated rings. The lowest BCUT2D eigenvalue weighted by molar-refractivity contribution is 0.639. The van der Waals surface area contributed by atoms with Gasteiger partial charge in [0.15, 0.2) is 0 Å². The van der Waals surface area contributed by atoms with E-state index in [9.17, 15) is 0 Å². The van der Waals surface area contributed by atoms with Crippen LogP contribution in [0.25, 0.3) is 220 Å². The fourth-order valence-corrected chi connectivity index (χ4v) is 23.4. The molecule has 23 aromatic carbocycles. The quantitative estimate of drug-likeness (QED) is 0.135. The van der Waals surface area contributed by atoms with Crippen LogP contribution in [0.3, 0.4) is 0 Å². The van der Waals surface area contributed by atoms with E-state index < -0.39 is 0 Å². The Morgan fingerprint density at radius 2 is 0.390 bits per heavy atom. The highest BCUT2D eigenvalue weighted by Gasteiger charge is 2.43. The topological polar surface area (TPSA) is 0 Å². The van der Waals surface area contributed by atoms with Crippen LogP contribution in [-0.2, 0) is 21.7 Å². The largest absolute Gasteiger partial charge is 0.0622 e. The first-order chi connectivity index (χ1) is 66.4. The van der Waals surface area contributed by atoms with E-state index in [1.807, 2.05) is 0 Å². The summed E-state index contributed by atoms with van der Waals surface area (Å²) in [5.74, 6) is 0. The van der Waals surface area contributed by atoms with Crippen LogP contribution in [0.2, 0.25) is 0 Å². The van der Waals surface area contributed by atoms with Crippen LogP contribution < -0.4 is 0 Å². The first kappa shape index (κ1) is 81.8. The van der Waals surface area contributed by atoms with Crippen LogP contribution in [0.1, 0.15) is 99.9 Å². The lowest BCUT2D eigenvalue weighted by atomic mass is 9.77. The molecule has 27 rings (SSSR count). The molecular formula is C136H100. The molecule has 644 valence electrons. The normalized spacial score (nSPS) is 13.8. The molecule has 0 spiro atoms. The van der Waals surface area contributed by atoms with Crippen molar-refractivity contribution in [2.45, 2.75) is 77.0 Å². The monoisotopic (exact) mass is 1730 g/mol. The third kappa shape index (κ3) is 13.7. The van der Waals surface area contributed by atoms with Gasteiger partial charge < -0.3 is 0 Å². The summed E-state index contributed by atoms with van der Waals surface area (Å²) in [6, 6.07) is 171. The summed E-state index contributed by atoms with van der Waals surface area (Å²) in [4.78, 5) is 0. The molecule has 0 unspecified atom stereocenters. The number of benzene rings is 23. The van der Waals surface area contributed by atoms with E-state index in [1.165, 1.54) is 265 Å². The minimum atomic E-state index is -0.108. The summed E-state index contributed by atoms with van der Waals surface area (Å²) in [7, 11) is 0. The van der Waals surface area contributed by atoms with Gasteiger partial charge >= 0.3 is 0 Å². The zero-order valence-corrected chi connectivity index (χ0v) is 77.9. The van der Waals surface area contributed by atoms with Gasteiger partial charge in [-0.05, 0) is 362 Å². The van der Waals surface area contributed by atoms with Crippen molar-refractivity contribution in [2.24, 2.45) is 0 Å². The lowest BCUT2D eigenvalue weighted by Crippen LogP contribution is -2.18. The molecule has 0 N–H and O–H groups in total. The molecule has 0 saturated carbocycles. The van der Waals surface area contributed by atoms with Gasteiger partial charge in [0.25, 0.3) is 0 Å². The van der Waals surface area contributed by atoms with Gasteiger partial charge in [0.1, 0.15) is 0 Å². The number of rotatable bonds is 9. The standard InChI is InChI=1S/C50H38.C45H32.C41H30/c1-49(2)45-17-11-10-16-40(45)43-29-44-41-23-22-36(28-46(41)50(3,4)48(44)30-47(43)49)42-27-38(26-35-14-8-9-15-39(35)42)34-21-19-32-18-20-33(24-37(32)25-34)31-12-6-5-7-13-31;1-45(2)42-17-8-7-16-40(42)44-39-15-6-5-14-38(39)41(28-43(44)45)37-13-9-12-31(27-37)32-20-21-36-26-35(23-22-34(36)25-32)33-19-18-29-10-3-4-11-30(29)24-33;1-41(2)39-13-6-5-12-37(39)38-21-20-36(26-40(38)41)30-11-7-10-29(23-30)31-16-17-35-25-34(19-18-33(35)24-31)32-15-14-27-8-3-4-9-28(27)22-32/h5-30H,1-4H3;3-28H,1-2H3;3-26H,1-2H3. The maximum Gasteiger partial charge on any atom is 0.0159 e. The van der Waals surface area contributed by atoms with Crippen molar-refractivity contribution >= 4 is 75.4 Å². The van der Waals surface area contributed by atoms with Crippen LogP contribution in [0, 0.1) is 0 Å². The van der Waals surface area contributed by atoms with Crippen molar-refractivity contribution in [3.8, 4) is 145 Å². The van der Waals surface area contributed by atoms with E-state index in [0.29, 0.717) is 0 Å². The second kappa shape index (κ2) is 31.8. The van der Waals surface area contributed by atoms with E-state index >= 15 is 0 Å². The Balaban J connectivity index is 0.000000109. The molecule has 0 heteroatoms. The third-order valence-electron chi connectivity index (χ3n) is 30.9. The first-order valence-electron chi connectivity index (χ1n) is 48.1. The molecule has 0 saturated heterocycles. The summed E-state index contributed by atoms with van der Waals surface area (Å²) in [5, 5.41) is 17.8. The van der Waals surface area contributed by atoms with Crippen molar-refractivity contribution < 1.29 is 0 Å². The lowest BCUT2D eigenvalue weighted by Gasteiger charge is -2.26. The van der Waals surface area contributed by atoms with Gasteiger partial charge in [0, 0.05) is 21.7 Å². The average Bonchev–Trinajstić information content (AvgIpc) is 1.55. The molecule has 0 radical (unpaired) electrons. The molecule has 23 aromatic rings. The highest BCUT2D eigenvalue weighted by Crippen LogP contribution is 2.59. The molecule has 4 aliphatic rings. The SMILES string of the molecule is CC1(C)c2ccccc2-c2c1cc(-c1cccc(-c3ccc4cc(-c5ccc6ccccc6c5)ccc4c3)c1)c1ccccc21.CC1(C)c2ccccc2-c2cc3c(cc21)C(C)(C)c1cc(-c2cc(-c4ccc5ccc(-c6ccccc6)cc5c4)cc4ccccc24)ccc1-3.CC1(C)c2ccccc2-c2ccc(-c3cccc(-c4ccc5cc(-c6ccc7ccccc7c6)ccc5c4)c3)cc21. The Labute approximate surface area is 796 Å². The minimum absolute atomic E-state index is 0.00357. The summed E-state index contributed by atoms with van der Waals surface area (Å²) in [6.45, 7) is 19.0. The molecule has 0 bridgehead atoms. The summed E-state index contributed by atoms with van der Waals surface area (Å²) < 4.78 is 0. The Kier molecular flexibility index (Phi) is 19.1. The van der Waals surface area contributed by atoms with Crippen LogP contribution in [0.4, 0.5) is 0 Å². The summed E-state index contributed by atoms with van der Waals surface area (Å²) >= 11 is 0. The van der Waals surface area contributed by atoms with E-state index in [0.717, 1.165) is 0 Å². The highest BCUT2D eigenvalue weighted by atomic mass is 14.5. The van der Waals surface area contributed by atoms with Gasteiger partial charge in [-0.15, -0.1) is 0 Å². The van der Waals surface area contributed by atoms with Crippen LogP contribution >= 0.6 is 0 Å². The molecule has 0 nitrogen and oxygen atoms in total. The number of fused-ring (bicyclic) bond motifs is 20. The van der Waals surface area contributed by atoms with Gasteiger partial charge in [0.05, 0.1) is 0 Å². The molecule has 0 aliphatic heterocycles. The Bertz CT molecular complexity index is 8900. The maximum absolute atomic E-state index is 2.53. The van der Waals surface area contributed by atoms with Crippen molar-refractivity contribution in [2.75, 3.05) is 0 Å². The van der Waals surface area contributed by atoms with Crippen molar-refractivity contribution in [1.82, 2.24) is 0 Å². The fourth-order valence-electron chi connectivity index (χ4n) is 23.4. The minimum Gasteiger partial charge on any atom is -0.0622 e. The fraction of sp³-hybridized carbons (Fsp3) is 0.0882. The second-order valence-electron chi connectivity index (χ2n) is 40.2. The molecule has 136 heavy (non-hydrogen) atoms. The Morgan fingerprint density at radius 1 is 0.110 bits per heavy atom. The van der Waals surface area contributed by atoms with Crippen LogP contribution in [0.5, 0.6) is 0 Å². The second-order valence-corrected chi connectivity index (χ2v) is 40.2. The van der Waals surface area contributed by atoms with Gasteiger partial charge in [-0.3, -0.25) is 0 Å². The summed E-state index contributed by atoms with van der Waals surface area (Å²) in [5.41, 5.74) is 44.8. The van der Waals surface area contributed by atoms with E-state index in [1.54, 1.807) is 0 Å². The zero-order valence-electron chi connectivity index (χ0n) is 77.9. The zero-order chi connectivity index (χ0) is 91.5. The maximum atomic E-state index is 2.53. The van der Waals surface area contributed by atoms with Crippen LogP contribution in [-0.4, -0.2) is 0 Å². The molecular weight excluding hydrogens is 1630 g/mol. The predicted octanol–water partition coefficient (Wildman–Crippen LogP) is 37.4. The van der Waals surface area contributed by atoms with Gasteiger partial charge in [-0.2, -0.15) is 0 Å². The van der Waals surface area contributed by atoms with Gasteiger partial charge in [-0.25, -0.2) is 0 Å². The predicted molar refractivity (Wildman–Crippen MR) is 581 cm³/mol. The van der Waals surface area contributed by atoms with E-state index in [-0.39, 0.29) is 21.7 Å². The first-order valence-corrected chi connectivity index (χ1v) is 48.1. The molecule has 4 aliphatic carbocycles. The van der Waals surface area contributed by atoms with Crippen molar-refractivity contribution in [3.05, 3.63) is 506 Å². The third-order valence-corrected chi connectivity index (χ3v) is 30.9. The van der Waals surface area contributed by atoms with E-state index in [4.69, 9.17) is 0 Å². The molecule has 0 heterocycles. The van der Waals surface area contributed by atoms with Crippen LogP contribution in [0.15, 0.2) is 461 Å². The Morgan fingerprint density at radius 3 is 0.912 bits per heavy atom. The highest BCUT2D eigenvalue weighted by molar-refractivity contribution is 6.10. The number of hydrogen-bond donors (Lipinski definition) is 0. The molecule has 0 amide bonds. The van der Waals surface area contributed by atoms with Crippen molar-refractivity contribution in [3.63, 3.8) is 0 Å². The summed E-state index contributed by atoms with van der Waals surface area (Å²) in [6.07, 6.45) is 0. The molecule has 0 atom stereocenters. The van der Waals surface area contributed by atoms with Gasteiger partial charge in [-0.1, -0.05) is 419 Å². The average molecular weight is 1730 g/mol. The molecule has 0 aromatic heterocycles. The van der Waals surface area contributed by atoms with Crippen molar-refractivity contribution in [1.29, 1.82) is 0 Å². The number of hydrogen-bond acceptors (Lipinski definition) is 0. The Hall–Kier alpha value is -16.1.